The van der Waals surface area contributed by atoms with Gasteiger partial charge in [-0.15, -0.1) is 11.8 Å². The Morgan fingerprint density at radius 3 is 2.29 bits per heavy atom. The van der Waals surface area contributed by atoms with Crippen LogP contribution in [0.15, 0.2) is 66.7 Å². The highest BCUT2D eigenvalue weighted by molar-refractivity contribution is 8.01. The fourth-order valence-corrected chi connectivity index (χ4v) is 3.39. The molecule has 0 saturated heterocycles. The smallest absolute Gasteiger partial charge is 0.319 e. The maximum absolute atomic E-state index is 12.9. The molecule has 0 fully saturated rings. The number of carbonyl (C=O) groups is 3. The molecule has 31 heavy (non-hydrogen) atoms. The number of rotatable bonds is 8. The lowest BCUT2D eigenvalue weighted by Crippen LogP contribution is -2.26. The minimum atomic E-state index is -0.632. The Hall–Kier alpha value is -3.39. The fraction of sp³-hybridized carbons (Fsp3) is 0.174. The van der Waals surface area contributed by atoms with Gasteiger partial charge in [0.2, 0.25) is 5.91 Å². The van der Waals surface area contributed by atoms with E-state index in [2.05, 4.69) is 10.6 Å². The van der Waals surface area contributed by atoms with Crippen molar-refractivity contribution in [1.82, 2.24) is 0 Å². The molecule has 0 spiro atoms. The van der Waals surface area contributed by atoms with Crippen LogP contribution in [0.1, 0.15) is 6.92 Å². The summed E-state index contributed by atoms with van der Waals surface area (Å²) in [5.74, 6) is -1.75. The molecule has 0 aromatic heterocycles. The van der Waals surface area contributed by atoms with Gasteiger partial charge in [0.25, 0.3) is 5.91 Å². The van der Waals surface area contributed by atoms with Crippen molar-refractivity contribution in [2.45, 2.75) is 12.2 Å². The lowest BCUT2D eigenvalue weighted by atomic mass is 10.1. The molecule has 0 aliphatic carbocycles. The van der Waals surface area contributed by atoms with Gasteiger partial charge in [0, 0.05) is 11.4 Å². The third kappa shape index (κ3) is 6.82. The lowest BCUT2D eigenvalue weighted by Gasteiger charge is -2.12. The maximum Gasteiger partial charge on any atom is 0.319 e. The van der Waals surface area contributed by atoms with Crippen molar-refractivity contribution < 1.29 is 23.5 Å². The monoisotopic (exact) mass is 440 g/mol. The lowest BCUT2D eigenvalue weighted by molar-refractivity contribution is -0.146. The second kappa shape index (κ2) is 10.6. The van der Waals surface area contributed by atoms with Gasteiger partial charge in [-0.1, -0.05) is 30.3 Å². The zero-order chi connectivity index (χ0) is 22.2. The number of carbonyl (C=O) groups excluding carboxylic acids is 3. The van der Waals surface area contributed by atoms with E-state index in [1.807, 2.05) is 36.4 Å². The summed E-state index contributed by atoms with van der Waals surface area (Å²) in [6.07, 6.45) is 0. The molecule has 0 aliphatic rings. The molecular formula is C23H21FN2O4S. The van der Waals surface area contributed by atoms with E-state index in [-0.39, 0.29) is 11.7 Å². The van der Waals surface area contributed by atoms with Crippen LogP contribution in [0.25, 0.3) is 10.8 Å². The molecule has 6 nitrogen and oxygen atoms in total. The number of halogens is 1. The average molecular weight is 440 g/mol. The first-order valence-corrected chi connectivity index (χ1v) is 10.6. The first-order valence-electron chi connectivity index (χ1n) is 9.53. The number of esters is 1. The second-order valence-electron chi connectivity index (χ2n) is 6.73. The molecule has 8 heteroatoms. The highest BCUT2D eigenvalue weighted by Crippen LogP contribution is 2.19. The van der Waals surface area contributed by atoms with Crippen molar-refractivity contribution in [1.29, 1.82) is 0 Å². The molecule has 2 N–H and O–H groups in total. The van der Waals surface area contributed by atoms with Gasteiger partial charge in [-0.2, -0.15) is 0 Å². The molecule has 2 amide bonds. The quantitative estimate of drug-likeness (QED) is 0.513. The Morgan fingerprint density at radius 2 is 1.55 bits per heavy atom. The second-order valence-corrected chi connectivity index (χ2v) is 8.06. The summed E-state index contributed by atoms with van der Waals surface area (Å²) in [5, 5.41) is 6.72. The fourth-order valence-electron chi connectivity index (χ4n) is 2.72. The van der Waals surface area contributed by atoms with E-state index in [9.17, 15) is 18.8 Å². The number of amides is 2. The van der Waals surface area contributed by atoms with E-state index in [0.717, 1.165) is 22.5 Å². The number of hydrogen-bond acceptors (Lipinski definition) is 5. The summed E-state index contributed by atoms with van der Waals surface area (Å²) < 4.78 is 17.9. The number of nitrogens with one attached hydrogen (secondary N) is 2. The SMILES string of the molecule is CC(SCC(=O)Nc1ccc(F)cc1)C(=O)OCC(=O)Nc1ccc2ccccc2c1. The Balaban J connectivity index is 1.40. The molecular weight excluding hydrogens is 419 g/mol. The normalized spacial score (nSPS) is 11.5. The van der Waals surface area contributed by atoms with Crippen molar-refractivity contribution in [3.8, 4) is 0 Å². The predicted molar refractivity (Wildman–Crippen MR) is 120 cm³/mol. The van der Waals surface area contributed by atoms with Crippen LogP contribution in [-0.4, -0.2) is 35.4 Å². The van der Waals surface area contributed by atoms with E-state index < -0.39 is 29.6 Å². The molecule has 0 saturated carbocycles. The largest absolute Gasteiger partial charge is 0.455 e. The summed E-state index contributed by atoms with van der Waals surface area (Å²) in [4.78, 5) is 36.1. The zero-order valence-electron chi connectivity index (χ0n) is 16.8. The molecule has 0 radical (unpaired) electrons. The van der Waals surface area contributed by atoms with Crippen LogP contribution in [-0.2, 0) is 19.1 Å². The van der Waals surface area contributed by atoms with Gasteiger partial charge in [0.15, 0.2) is 6.61 Å². The number of fused-ring (bicyclic) bond motifs is 1. The molecule has 1 atom stereocenters. The van der Waals surface area contributed by atoms with Gasteiger partial charge in [-0.25, -0.2) is 4.39 Å². The third-order valence-electron chi connectivity index (χ3n) is 4.30. The Kier molecular flexibility index (Phi) is 7.61. The van der Waals surface area contributed by atoms with E-state index >= 15 is 0 Å². The molecule has 3 rings (SSSR count). The molecule has 3 aromatic carbocycles. The molecule has 160 valence electrons. The van der Waals surface area contributed by atoms with Gasteiger partial charge in [0.05, 0.1) is 5.75 Å². The van der Waals surface area contributed by atoms with Crippen molar-refractivity contribution in [2.24, 2.45) is 0 Å². The van der Waals surface area contributed by atoms with Crippen molar-refractivity contribution >= 4 is 51.7 Å². The first kappa shape index (κ1) is 22.3. The Labute approximate surface area is 183 Å². The zero-order valence-corrected chi connectivity index (χ0v) is 17.6. The van der Waals surface area contributed by atoms with Crippen LogP contribution in [0.3, 0.4) is 0 Å². The highest BCUT2D eigenvalue weighted by atomic mass is 32.2. The third-order valence-corrected chi connectivity index (χ3v) is 5.42. The minimum absolute atomic E-state index is 0.0108. The van der Waals surface area contributed by atoms with Crippen molar-refractivity contribution in [3.63, 3.8) is 0 Å². The minimum Gasteiger partial charge on any atom is -0.455 e. The van der Waals surface area contributed by atoms with E-state index in [1.54, 1.807) is 13.0 Å². The van der Waals surface area contributed by atoms with Crippen LogP contribution in [0.4, 0.5) is 15.8 Å². The van der Waals surface area contributed by atoms with Crippen LogP contribution in [0.5, 0.6) is 0 Å². The highest BCUT2D eigenvalue weighted by Gasteiger charge is 2.18. The van der Waals surface area contributed by atoms with E-state index in [4.69, 9.17) is 4.74 Å². The summed E-state index contributed by atoms with van der Waals surface area (Å²) in [6, 6.07) is 18.7. The van der Waals surface area contributed by atoms with Gasteiger partial charge < -0.3 is 15.4 Å². The predicted octanol–water partition coefficient (Wildman–Crippen LogP) is 4.22. The number of hydrogen-bond donors (Lipinski definition) is 2. The van der Waals surface area contributed by atoms with Crippen LogP contribution in [0, 0.1) is 5.82 Å². The number of ether oxygens (including phenoxy) is 1. The van der Waals surface area contributed by atoms with Gasteiger partial charge in [0.1, 0.15) is 11.1 Å². The van der Waals surface area contributed by atoms with Gasteiger partial charge >= 0.3 is 5.97 Å². The molecule has 0 heterocycles. The van der Waals surface area contributed by atoms with Crippen molar-refractivity contribution in [3.05, 3.63) is 72.5 Å². The topological polar surface area (TPSA) is 84.5 Å². The first-order chi connectivity index (χ1) is 14.9. The maximum atomic E-state index is 12.9. The van der Waals surface area contributed by atoms with Crippen LogP contribution >= 0.6 is 11.8 Å². The standard InChI is InChI=1S/C23H21FN2O4S/c1-15(31-14-22(28)25-19-10-7-18(24)8-11-19)23(29)30-13-21(27)26-20-9-6-16-4-2-3-5-17(16)12-20/h2-12,15H,13-14H2,1H3,(H,25,28)(H,26,27). The summed E-state index contributed by atoms with van der Waals surface area (Å²) in [5.41, 5.74) is 1.08. The Morgan fingerprint density at radius 1 is 0.903 bits per heavy atom. The summed E-state index contributed by atoms with van der Waals surface area (Å²) in [6.45, 7) is 1.18. The van der Waals surface area contributed by atoms with Gasteiger partial charge in [-0.05, 0) is 54.1 Å². The number of anilines is 2. The molecule has 0 aliphatic heterocycles. The summed E-state index contributed by atoms with van der Waals surface area (Å²) in [7, 11) is 0. The molecule has 1 unspecified atom stereocenters. The summed E-state index contributed by atoms with van der Waals surface area (Å²) >= 11 is 1.08. The van der Waals surface area contributed by atoms with Crippen molar-refractivity contribution in [2.75, 3.05) is 23.0 Å². The van der Waals surface area contributed by atoms with Crippen LogP contribution < -0.4 is 10.6 Å². The molecule has 0 bridgehead atoms. The van der Waals surface area contributed by atoms with Crippen LogP contribution in [0.2, 0.25) is 0 Å². The van der Waals surface area contributed by atoms with Gasteiger partial charge in [-0.3, -0.25) is 14.4 Å². The van der Waals surface area contributed by atoms with E-state index in [1.165, 1.54) is 24.3 Å². The number of benzene rings is 3. The average Bonchev–Trinajstić information content (AvgIpc) is 2.77. The number of thioether (sulfide) groups is 1. The van der Waals surface area contributed by atoms with E-state index in [0.29, 0.717) is 11.4 Å². The molecule has 3 aromatic rings. The Bertz CT molecular complexity index is 1090.